The summed E-state index contributed by atoms with van der Waals surface area (Å²) in [6, 6.07) is 3.52. The molecule has 2 aromatic rings. The van der Waals surface area contributed by atoms with Crippen LogP contribution in [0, 0.1) is 5.92 Å². The van der Waals surface area contributed by atoms with Gasteiger partial charge in [-0.3, -0.25) is 0 Å². The highest BCUT2D eigenvalue weighted by Crippen LogP contribution is 2.26. The van der Waals surface area contributed by atoms with E-state index in [1.54, 1.807) is 19.1 Å². The minimum Gasteiger partial charge on any atom is -0.393 e. The molecule has 6 heteroatoms. The molecule has 0 aliphatic carbocycles. The zero-order chi connectivity index (χ0) is 12.6. The predicted molar refractivity (Wildman–Crippen MR) is 62.9 cm³/mol. The molecule has 2 rings (SSSR count). The minimum atomic E-state index is -0.512. The van der Waals surface area contributed by atoms with E-state index in [0.29, 0.717) is 11.3 Å². The number of fused-ring (bicyclic) bond motifs is 1. The summed E-state index contributed by atoms with van der Waals surface area (Å²) in [6.07, 6.45) is -0.512. The van der Waals surface area contributed by atoms with Crippen molar-refractivity contribution in [3.63, 3.8) is 0 Å². The number of aromatic nitrogens is 4. The molecular weight excluding hydrogens is 220 g/mol. The Kier molecular flexibility index (Phi) is 2.97. The number of nitrogens with one attached hydrogen (secondary N) is 1. The normalized spacial score (nSPS) is 15.4. The first-order valence-electron chi connectivity index (χ1n) is 5.63. The van der Waals surface area contributed by atoms with Crippen molar-refractivity contribution in [3.8, 4) is 0 Å². The maximum atomic E-state index is 11.4. The first kappa shape index (κ1) is 11.8. The Morgan fingerprint density at radius 3 is 2.65 bits per heavy atom. The van der Waals surface area contributed by atoms with E-state index in [0.717, 1.165) is 0 Å². The lowest BCUT2D eigenvalue weighted by Crippen LogP contribution is -2.23. The first-order chi connectivity index (χ1) is 8.00. The van der Waals surface area contributed by atoms with Gasteiger partial charge in [-0.25, -0.2) is 9.89 Å². The summed E-state index contributed by atoms with van der Waals surface area (Å²) in [5, 5.41) is 20.1. The van der Waals surface area contributed by atoms with Crippen molar-refractivity contribution in [3.05, 3.63) is 28.3 Å². The summed E-state index contributed by atoms with van der Waals surface area (Å²) >= 11 is 0. The highest BCUT2D eigenvalue weighted by atomic mass is 16.3. The van der Waals surface area contributed by atoms with Gasteiger partial charge < -0.3 is 5.11 Å². The standard InChI is InChI=1S/C11H16N4O2/c1-6(2)10(7(3)16)8-4-5-9-12-13-11(17)15(9)14-8/h4-7,10,16H,1-3H3,(H,13,17). The fourth-order valence-corrected chi connectivity index (χ4v) is 2.14. The van der Waals surface area contributed by atoms with Gasteiger partial charge in [0.05, 0.1) is 11.8 Å². The summed E-state index contributed by atoms with van der Waals surface area (Å²) < 4.78 is 1.22. The van der Waals surface area contributed by atoms with Crippen LogP contribution in [0.5, 0.6) is 0 Å². The topological polar surface area (TPSA) is 83.3 Å². The molecule has 0 saturated heterocycles. The molecule has 2 N–H and O–H groups in total. The number of aromatic amines is 1. The van der Waals surface area contributed by atoms with Gasteiger partial charge in [-0.05, 0) is 25.0 Å². The van der Waals surface area contributed by atoms with Gasteiger partial charge in [-0.2, -0.15) is 14.7 Å². The van der Waals surface area contributed by atoms with Crippen LogP contribution in [-0.2, 0) is 0 Å². The third kappa shape index (κ3) is 2.08. The van der Waals surface area contributed by atoms with E-state index in [-0.39, 0.29) is 17.5 Å². The Morgan fingerprint density at radius 1 is 1.35 bits per heavy atom. The maximum absolute atomic E-state index is 11.4. The van der Waals surface area contributed by atoms with Crippen molar-refractivity contribution in [1.82, 2.24) is 19.8 Å². The Labute approximate surface area is 98.3 Å². The van der Waals surface area contributed by atoms with Crippen molar-refractivity contribution < 1.29 is 5.11 Å². The second kappa shape index (κ2) is 4.29. The van der Waals surface area contributed by atoms with Gasteiger partial charge >= 0.3 is 5.69 Å². The lowest BCUT2D eigenvalue weighted by Gasteiger charge is -2.22. The Balaban J connectivity index is 2.54. The van der Waals surface area contributed by atoms with E-state index in [2.05, 4.69) is 15.3 Å². The third-order valence-electron chi connectivity index (χ3n) is 2.87. The van der Waals surface area contributed by atoms with E-state index in [1.807, 2.05) is 13.8 Å². The van der Waals surface area contributed by atoms with Crippen LogP contribution in [0.25, 0.3) is 5.65 Å². The van der Waals surface area contributed by atoms with Crippen molar-refractivity contribution in [2.24, 2.45) is 5.92 Å². The molecule has 0 aromatic carbocycles. The monoisotopic (exact) mass is 236 g/mol. The zero-order valence-corrected chi connectivity index (χ0v) is 10.1. The van der Waals surface area contributed by atoms with Gasteiger partial charge in [0.1, 0.15) is 0 Å². The number of H-pyrrole nitrogens is 1. The Hall–Kier alpha value is -1.69. The van der Waals surface area contributed by atoms with Crippen molar-refractivity contribution >= 4 is 5.65 Å². The molecule has 0 bridgehead atoms. The molecule has 6 nitrogen and oxygen atoms in total. The fourth-order valence-electron chi connectivity index (χ4n) is 2.14. The van der Waals surface area contributed by atoms with Crippen molar-refractivity contribution in [2.45, 2.75) is 32.8 Å². The zero-order valence-electron chi connectivity index (χ0n) is 10.1. The third-order valence-corrected chi connectivity index (χ3v) is 2.87. The molecule has 2 heterocycles. The molecule has 2 aromatic heterocycles. The molecule has 2 unspecified atom stereocenters. The van der Waals surface area contributed by atoms with Gasteiger partial charge in [0, 0.05) is 5.92 Å². The van der Waals surface area contributed by atoms with Crippen LogP contribution < -0.4 is 5.69 Å². The Morgan fingerprint density at radius 2 is 2.06 bits per heavy atom. The lowest BCUT2D eigenvalue weighted by molar-refractivity contribution is 0.137. The van der Waals surface area contributed by atoms with Crippen molar-refractivity contribution in [2.75, 3.05) is 0 Å². The molecule has 0 aliphatic rings. The maximum Gasteiger partial charge on any atom is 0.364 e. The van der Waals surface area contributed by atoms with Gasteiger partial charge in [-0.1, -0.05) is 13.8 Å². The molecular formula is C11H16N4O2. The van der Waals surface area contributed by atoms with E-state index < -0.39 is 6.10 Å². The summed E-state index contributed by atoms with van der Waals surface area (Å²) in [7, 11) is 0. The van der Waals surface area contributed by atoms with E-state index >= 15 is 0 Å². The largest absolute Gasteiger partial charge is 0.393 e. The molecule has 0 amide bonds. The number of rotatable bonds is 3. The molecule has 92 valence electrons. The summed E-state index contributed by atoms with van der Waals surface area (Å²) in [5.41, 5.74) is 0.813. The van der Waals surface area contributed by atoms with Crippen LogP contribution in [0.4, 0.5) is 0 Å². The molecule has 0 aliphatic heterocycles. The number of aliphatic hydroxyl groups is 1. The summed E-state index contributed by atoms with van der Waals surface area (Å²) in [6.45, 7) is 5.76. The van der Waals surface area contributed by atoms with Crippen LogP contribution >= 0.6 is 0 Å². The second-order valence-electron chi connectivity index (χ2n) is 4.57. The number of nitrogens with zero attached hydrogens (tertiary/aromatic N) is 3. The molecule has 0 spiro atoms. The molecule has 17 heavy (non-hydrogen) atoms. The van der Waals surface area contributed by atoms with Gasteiger partial charge in [0.2, 0.25) is 0 Å². The van der Waals surface area contributed by atoms with E-state index in [4.69, 9.17) is 0 Å². The molecule has 2 atom stereocenters. The average molecular weight is 236 g/mol. The van der Waals surface area contributed by atoms with Crippen LogP contribution in [0.1, 0.15) is 32.4 Å². The first-order valence-corrected chi connectivity index (χ1v) is 5.63. The number of hydrogen-bond donors (Lipinski definition) is 2. The lowest BCUT2D eigenvalue weighted by atomic mass is 9.88. The smallest absolute Gasteiger partial charge is 0.364 e. The van der Waals surface area contributed by atoms with Gasteiger partial charge in [0.25, 0.3) is 0 Å². The number of aliphatic hydroxyl groups excluding tert-OH is 1. The van der Waals surface area contributed by atoms with Crippen LogP contribution in [-0.4, -0.2) is 31.0 Å². The van der Waals surface area contributed by atoms with E-state index in [9.17, 15) is 9.90 Å². The summed E-state index contributed by atoms with van der Waals surface area (Å²) in [5.74, 6) is 0.142. The fraction of sp³-hybridized carbons (Fsp3) is 0.545. The highest BCUT2D eigenvalue weighted by Gasteiger charge is 2.23. The molecule has 0 saturated carbocycles. The van der Waals surface area contributed by atoms with Crippen LogP contribution in [0.2, 0.25) is 0 Å². The minimum absolute atomic E-state index is 0.0961. The predicted octanol–water partition coefficient (Wildman–Crippen LogP) is 0.538. The van der Waals surface area contributed by atoms with Gasteiger partial charge in [0.15, 0.2) is 5.65 Å². The van der Waals surface area contributed by atoms with Gasteiger partial charge in [-0.15, -0.1) is 0 Å². The van der Waals surface area contributed by atoms with Crippen LogP contribution in [0.15, 0.2) is 16.9 Å². The Bertz CT molecular complexity index is 562. The number of hydrogen-bond acceptors (Lipinski definition) is 4. The SMILES string of the molecule is CC(C)C(c1ccc2n[nH]c(=O)n2n1)C(C)O. The second-order valence-corrected chi connectivity index (χ2v) is 4.57. The van der Waals surface area contributed by atoms with Crippen molar-refractivity contribution in [1.29, 1.82) is 0 Å². The quantitative estimate of drug-likeness (QED) is 0.814. The average Bonchev–Trinajstić information content (AvgIpc) is 2.59. The molecule has 0 fully saturated rings. The van der Waals surface area contributed by atoms with E-state index in [1.165, 1.54) is 4.52 Å². The summed E-state index contributed by atoms with van der Waals surface area (Å²) in [4.78, 5) is 11.4. The molecule has 0 radical (unpaired) electrons. The van der Waals surface area contributed by atoms with Crippen LogP contribution in [0.3, 0.4) is 0 Å². The highest BCUT2D eigenvalue weighted by molar-refractivity contribution is 5.35.